The van der Waals surface area contributed by atoms with Gasteiger partial charge in [-0.1, -0.05) is 13.8 Å². The summed E-state index contributed by atoms with van der Waals surface area (Å²) >= 11 is 0. The van der Waals surface area contributed by atoms with Gasteiger partial charge in [0.05, 0.1) is 11.8 Å². The quantitative estimate of drug-likeness (QED) is 0.700. The van der Waals surface area contributed by atoms with Crippen LogP contribution in [-0.4, -0.2) is 20.2 Å². The van der Waals surface area contributed by atoms with E-state index >= 15 is 0 Å². The maximum Gasteiger partial charge on any atom is 0.212 e. The highest BCUT2D eigenvalue weighted by Crippen LogP contribution is 2.01. The zero-order valence-electron chi connectivity index (χ0n) is 7.53. The lowest BCUT2D eigenvalue weighted by Gasteiger charge is -2.13. The molecule has 0 rings (SSSR count). The van der Waals surface area contributed by atoms with Gasteiger partial charge in [-0.25, -0.2) is 8.42 Å². The van der Waals surface area contributed by atoms with Gasteiger partial charge in [-0.15, -0.1) is 0 Å². The van der Waals surface area contributed by atoms with Crippen molar-refractivity contribution in [3.63, 3.8) is 0 Å². The molecule has 12 heavy (non-hydrogen) atoms. The molecule has 1 N–H and O–H groups in total. The highest BCUT2D eigenvalue weighted by atomic mass is 32.2. The van der Waals surface area contributed by atoms with E-state index in [1.807, 2.05) is 6.07 Å². The van der Waals surface area contributed by atoms with Crippen molar-refractivity contribution in [3.05, 3.63) is 0 Å². The summed E-state index contributed by atoms with van der Waals surface area (Å²) in [5.41, 5.74) is 0. The Balaban J connectivity index is 4.35. The number of hydrogen-bond acceptors (Lipinski definition) is 3. The minimum atomic E-state index is -3.25. The molecule has 5 heteroatoms. The Labute approximate surface area is 73.6 Å². The van der Waals surface area contributed by atoms with Crippen LogP contribution < -0.4 is 4.72 Å². The highest BCUT2D eigenvalue weighted by Gasteiger charge is 2.18. The second kappa shape index (κ2) is 4.43. The van der Waals surface area contributed by atoms with E-state index in [9.17, 15) is 8.42 Å². The number of nitrogens with zero attached hydrogens (tertiary/aromatic N) is 1. The summed E-state index contributed by atoms with van der Waals surface area (Å²) < 4.78 is 24.3. The number of nitrogens with one attached hydrogen (secondary N) is 1. The molecule has 0 saturated carbocycles. The normalized spacial score (nSPS) is 14.2. The third kappa shape index (κ3) is 3.69. The molecule has 0 aromatic rings. The lowest BCUT2D eigenvalue weighted by atomic mass is 10.1. The molecule has 0 radical (unpaired) electrons. The van der Waals surface area contributed by atoms with Crippen molar-refractivity contribution in [3.8, 4) is 6.07 Å². The fourth-order valence-electron chi connectivity index (χ4n) is 0.588. The third-order valence-electron chi connectivity index (χ3n) is 1.49. The van der Waals surface area contributed by atoms with Gasteiger partial charge in [-0.05, 0) is 12.8 Å². The van der Waals surface area contributed by atoms with E-state index in [1.54, 1.807) is 13.8 Å². The average molecular weight is 190 g/mol. The van der Waals surface area contributed by atoms with Crippen LogP contribution in [0.4, 0.5) is 0 Å². The van der Waals surface area contributed by atoms with Gasteiger partial charge in [0, 0.05) is 0 Å². The zero-order valence-corrected chi connectivity index (χ0v) is 8.35. The van der Waals surface area contributed by atoms with Gasteiger partial charge in [-0.2, -0.15) is 9.98 Å². The van der Waals surface area contributed by atoms with Crippen LogP contribution in [0.25, 0.3) is 0 Å². The molecule has 0 aliphatic heterocycles. The summed E-state index contributed by atoms with van der Waals surface area (Å²) in [5.74, 6) is 0.00840. The molecule has 0 aromatic heterocycles. The van der Waals surface area contributed by atoms with E-state index < -0.39 is 16.1 Å². The highest BCUT2D eigenvalue weighted by molar-refractivity contribution is 7.89. The molecule has 70 valence electrons. The van der Waals surface area contributed by atoms with Crippen molar-refractivity contribution in [2.24, 2.45) is 5.92 Å². The van der Waals surface area contributed by atoms with Gasteiger partial charge in [0.25, 0.3) is 0 Å². The standard InChI is InChI=1S/C7H14N2O2S/c1-4-12(10,11)9-7(5-8)6(2)3/h6-7,9H,4H2,1-3H3. The van der Waals surface area contributed by atoms with Gasteiger partial charge < -0.3 is 0 Å². The molecule has 0 bridgehead atoms. The number of sulfonamides is 1. The molecule has 0 amide bonds. The topological polar surface area (TPSA) is 70.0 Å². The minimum absolute atomic E-state index is 0.00340. The summed E-state index contributed by atoms with van der Waals surface area (Å²) in [6.07, 6.45) is 0. The summed E-state index contributed by atoms with van der Waals surface area (Å²) in [6, 6.07) is 1.29. The second-order valence-corrected chi connectivity index (χ2v) is 4.91. The van der Waals surface area contributed by atoms with E-state index in [0.29, 0.717) is 0 Å². The van der Waals surface area contributed by atoms with Gasteiger partial charge in [0.1, 0.15) is 6.04 Å². The number of hydrogen-bond donors (Lipinski definition) is 1. The molecular weight excluding hydrogens is 176 g/mol. The second-order valence-electron chi connectivity index (χ2n) is 2.87. The Morgan fingerprint density at radius 3 is 2.25 bits per heavy atom. The smallest absolute Gasteiger partial charge is 0.212 e. The molecule has 4 nitrogen and oxygen atoms in total. The Morgan fingerprint density at radius 2 is 2.00 bits per heavy atom. The van der Waals surface area contributed by atoms with Crippen molar-refractivity contribution in [1.82, 2.24) is 4.72 Å². The predicted octanol–water partition coefficient (Wildman–Crippen LogP) is 0.474. The Kier molecular flexibility index (Phi) is 4.21. The number of rotatable bonds is 4. The summed E-state index contributed by atoms with van der Waals surface area (Å²) in [5, 5.41) is 8.58. The first-order valence-corrected chi connectivity index (χ1v) is 5.47. The SMILES string of the molecule is CCS(=O)(=O)NC(C#N)C(C)C. The predicted molar refractivity (Wildman–Crippen MR) is 46.8 cm³/mol. The molecule has 0 aliphatic carbocycles. The molecule has 0 heterocycles. The summed E-state index contributed by atoms with van der Waals surface area (Å²) in [7, 11) is -3.25. The van der Waals surface area contributed by atoms with Crippen molar-refractivity contribution < 1.29 is 8.42 Å². The fraction of sp³-hybridized carbons (Fsp3) is 0.857. The lowest BCUT2D eigenvalue weighted by molar-refractivity contribution is 0.516. The first-order chi connectivity index (χ1) is 5.43. The molecule has 0 spiro atoms. The number of nitriles is 1. The van der Waals surface area contributed by atoms with Crippen LogP contribution >= 0.6 is 0 Å². The lowest BCUT2D eigenvalue weighted by Crippen LogP contribution is -2.38. The molecule has 0 fully saturated rings. The van der Waals surface area contributed by atoms with Crippen LogP contribution in [0.3, 0.4) is 0 Å². The molecule has 0 saturated heterocycles. The van der Waals surface area contributed by atoms with E-state index in [4.69, 9.17) is 5.26 Å². The fourth-order valence-corrected chi connectivity index (χ4v) is 1.47. The molecular formula is C7H14N2O2S. The van der Waals surface area contributed by atoms with Gasteiger partial charge in [-0.3, -0.25) is 0 Å². The third-order valence-corrected chi connectivity index (χ3v) is 2.87. The zero-order chi connectivity index (χ0) is 9.78. The molecule has 0 aromatic carbocycles. The van der Waals surface area contributed by atoms with Crippen molar-refractivity contribution in [2.75, 3.05) is 5.75 Å². The molecule has 1 atom stereocenters. The van der Waals surface area contributed by atoms with Crippen LogP contribution in [0.5, 0.6) is 0 Å². The van der Waals surface area contributed by atoms with Crippen LogP contribution in [-0.2, 0) is 10.0 Å². The first-order valence-electron chi connectivity index (χ1n) is 3.82. The van der Waals surface area contributed by atoms with Gasteiger partial charge in [0.2, 0.25) is 10.0 Å². The Hall–Kier alpha value is -0.600. The summed E-state index contributed by atoms with van der Waals surface area (Å²) in [6.45, 7) is 5.13. The van der Waals surface area contributed by atoms with Crippen molar-refractivity contribution >= 4 is 10.0 Å². The first kappa shape index (κ1) is 11.4. The minimum Gasteiger partial charge on any atom is -0.212 e. The van der Waals surface area contributed by atoms with Crippen LogP contribution in [0.2, 0.25) is 0 Å². The largest absolute Gasteiger partial charge is 0.212 e. The van der Waals surface area contributed by atoms with Crippen LogP contribution in [0, 0.1) is 17.2 Å². The van der Waals surface area contributed by atoms with E-state index in [-0.39, 0.29) is 11.7 Å². The van der Waals surface area contributed by atoms with Crippen molar-refractivity contribution in [1.29, 1.82) is 5.26 Å². The monoisotopic (exact) mass is 190 g/mol. The van der Waals surface area contributed by atoms with Crippen molar-refractivity contribution in [2.45, 2.75) is 26.8 Å². The van der Waals surface area contributed by atoms with Crippen LogP contribution in [0.15, 0.2) is 0 Å². The summed E-state index contributed by atoms with van der Waals surface area (Å²) in [4.78, 5) is 0. The molecule has 0 aliphatic rings. The maximum atomic E-state index is 11.0. The Morgan fingerprint density at radius 1 is 1.50 bits per heavy atom. The van der Waals surface area contributed by atoms with Gasteiger partial charge in [0.15, 0.2) is 0 Å². The molecule has 1 unspecified atom stereocenters. The van der Waals surface area contributed by atoms with E-state index in [2.05, 4.69) is 4.72 Å². The maximum absolute atomic E-state index is 11.0. The Bertz CT molecular complexity index is 264. The van der Waals surface area contributed by atoms with E-state index in [0.717, 1.165) is 0 Å². The average Bonchev–Trinajstić information content (AvgIpc) is 2.00. The van der Waals surface area contributed by atoms with Crippen LogP contribution in [0.1, 0.15) is 20.8 Å². The van der Waals surface area contributed by atoms with Gasteiger partial charge >= 0.3 is 0 Å². The van der Waals surface area contributed by atoms with E-state index in [1.165, 1.54) is 6.92 Å².